The van der Waals surface area contributed by atoms with E-state index in [1.54, 1.807) is 11.0 Å². The molecule has 0 radical (unpaired) electrons. The molecule has 2 rings (SSSR count). The van der Waals surface area contributed by atoms with Crippen molar-refractivity contribution in [3.63, 3.8) is 0 Å². The lowest BCUT2D eigenvalue weighted by molar-refractivity contribution is -0.128. The smallest absolute Gasteiger partial charge is 0.224 e. The number of nitrogens with two attached hydrogens (primary N) is 1. The van der Waals surface area contributed by atoms with Gasteiger partial charge in [-0.2, -0.15) is 0 Å². The number of hydrogen-bond acceptors (Lipinski definition) is 2. The molecule has 3 nitrogen and oxygen atoms in total. The Hall–Kier alpha value is -1.13. The normalized spacial score (nSPS) is 24.5. The first-order chi connectivity index (χ1) is 8.04. The van der Waals surface area contributed by atoms with Crippen molar-refractivity contribution in [3.8, 4) is 0 Å². The van der Waals surface area contributed by atoms with Gasteiger partial charge in [0, 0.05) is 29.6 Å². The molecule has 1 aliphatic rings. The molecule has 1 saturated heterocycles. The molecule has 2 N–H and O–H groups in total. The maximum atomic E-state index is 13.8. The Labute approximate surface area is 104 Å². The minimum atomic E-state index is -0.411. The number of rotatable bonds is 2. The molecule has 0 saturated carbocycles. The third kappa shape index (κ3) is 2.15. The fourth-order valence-corrected chi connectivity index (χ4v) is 2.51. The SMILES string of the molecule is CCN1C(=O)CC(N)C1c1cc(Cl)ccc1F. The van der Waals surface area contributed by atoms with Gasteiger partial charge >= 0.3 is 0 Å². The van der Waals surface area contributed by atoms with Crippen molar-refractivity contribution in [1.29, 1.82) is 0 Å². The van der Waals surface area contributed by atoms with Crippen LogP contribution in [0, 0.1) is 5.82 Å². The summed E-state index contributed by atoms with van der Waals surface area (Å²) in [5.41, 5.74) is 6.31. The van der Waals surface area contributed by atoms with E-state index in [4.69, 9.17) is 17.3 Å². The van der Waals surface area contributed by atoms with Gasteiger partial charge in [0.15, 0.2) is 0 Å². The van der Waals surface area contributed by atoms with E-state index in [1.807, 2.05) is 6.92 Å². The Morgan fingerprint density at radius 2 is 2.29 bits per heavy atom. The van der Waals surface area contributed by atoms with Crippen LogP contribution in [-0.2, 0) is 4.79 Å². The Balaban J connectivity index is 2.44. The highest BCUT2D eigenvalue weighted by atomic mass is 35.5. The molecular formula is C12H14ClFN2O. The highest BCUT2D eigenvalue weighted by molar-refractivity contribution is 6.30. The van der Waals surface area contributed by atoms with E-state index in [9.17, 15) is 9.18 Å². The van der Waals surface area contributed by atoms with Gasteiger partial charge in [-0.1, -0.05) is 11.6 Å². The summed E-state index contributed by atoms with van der Waals surface area (Å²) in [4.78, 5) is 13.3. The number of nitrogens with zero attached hydrogens (tertiary/aromatic N) is 1. The first kappa shape index (κ1) is 12.3. The highest BCUT2D eigenvalue weighted by Crippen LogP contribution is 2.34. The molecule has 2 unspecified atom stereocenters. The van der Waals surface area contributed by atoms with Crippen LogP contribution in [-0.4, -0.2) is 23.4 Å². The first-order valence-corrected chi connectivity index (χ1v) is 5.92. The molecule has 92 valence electrons. The van der Waals surface area contributed by atoms with Crippen LogP contribution in [0.1, 0.15) is 24.9 Å². The second-order valence-corrected chi connectivity index (χ2v) is 4.59. The van der Waals surface area contributed by atoms with Crippen molar-refractivity contribution in [3.05, 3.63) is 34.6 Å². The number of amides is 1. The molecule has 1 aliphatic heterocycles. The summed E-state index contributed by atoms with van der Waals surface area (Å²) in [5, 5.41) is 0.448. The monoisotopic (exact) mass is 256 g/mol. The van der Waals surface area contributed by atoms with E-state index >= 15 is 0 Å². The minimum absolute atomic E-state index is 0.0376. The predicted molar refractivity (Wildman–Crippen MR) is 64.1 cm³/mol. The number of likely N-dealkylation sites (tertiary alicyclic amines) is 1. The van der Waals surface area contributed by atoms with Gasteiger partial charge in [0.05, 0.1) is 6.04 Å². The van der Waals surface area contributed by atoms with Crippen molar-refractivity contribution < 1.29 is 9.18 Å². The number of likely N-dealkylation sites (N-methyl/N-ethyl adjacent to an activating group) is 1. The van der Waals surface area contributed by atoms with E-state index in [0.717, 1.165) is 0 Å². The Bertz CT molecular complexity index is 452. The van der Waals surface area contributed by atoms with Gasteiger partial charge in [-0.25, -0.2) is 4.39 Å². The summed E-state index contributed by atoms with van der Waals surface area (Å²) in [6, 6.07) is 3.55. The molecule has 0 spiro atoms. The number of halogens is 2. The second-order valence-electron chi connectivity index (χ2n) is 4.16. The average Bonchev–Trinajstić information content (AvgIpc) is 2.56. The van der Waals surface area contributed by atoms with Gasteiger partial charge in [-0.15, -0.1) is 0 Å². The summed E-state index contributed by atoms with van der Waals surface area (Å²) in [6.45, 7) is 2.37. The molecule has 1 aromatic carbocycles. The number of carbonyl (C=O) groups is 1. The number of hydrogen-bond donors (Lipinski definition) is 1. The quantitative estimate of drug-likeness (QED) is 0.881. The van der Waals surface area contributed by atoms with Crippen molar-refractivity contribution in [2.24, 2.45) is 5.73 Å². The summed E-state index contributed by atoms with van der Waals surface area (Å²) in [7, 11) is 0. The van der Waals surface area contributed by atoms with E-state index < -0.39 is 6.04 Å². The molecule has 2 atom stereocenters. The average molecular weight is 257 g/mol. The second kappa shape index (κ2) is 4.63. The molecule has 0 aliphatic carbocycles. The van der Waals surface area contributed by atoms with Crippen LogP contribution in [0.3, 0.4) is 0 Å². The fourth-order valence-electron chi connectivity index (χ4n) is 2.33. The molecule has 5 heteroatoms. The van der Waals surface area contributed by atoms with Crippen molar-refractivity contribution >= 4 is 17.5 Å². The third-order valence-electron chi connectivity index (χ3n) is 3.09. The summed E-state index contributed by atoms with van der Waals surface area (Å²) >= 11 is 5.86. The maximum absolute atomic E-state index is 13.8. The van der Waals surface area contributed by atoms with E-state index in [-0.39, 0.29) is 24.2 Å². The minimum Gasteiger partial charge on any atom is -0.334 e. The number of benzene rings is 1. The fraction of sp³-hybridized carbons (Fsp3) is 0.417. The van der Waals surface area contributed by atoms with Crippen LogP contribution in [0.15, 0.2) is 18.2 Å². The molecule has 0 bridgehead atoms. The maximum Gasteiger partial charge on any atom is 0.224 e. The Morgan fingerprint density at radius 3 is 2.94 bits per heavy atom. The third-order valence-corrected chi connectivity index (χ3v) is 3.32. The zero-order valence-corrected chi connectivity index (χ0v) is 10.2. The zero-order valence-electron chi connectivity index (χ0n) is 9.49. The number of carbonyl (C=O) groups excluding carboxylic acids is 1. The van der Waals surface area contributed by atoms with Crippen molar-refractivity contribution in [2.45, 2.75) is 25.4 Å². The highest BCUT2D eigenvalue weighted by Gasteiger charge is 2.38. The van der Waals surface area contributed by atoms with E-state index in [1.165, 1.54) is 12.1 Å². The van der Waals surface area contributed by atoms with E-state index in [2.05, 4.69) is 0 Å². The van der Waals surface area contributed by atoms with Crippen LogP contribution in [0.25, 0.3) is 0 Å². The molecule has 17 heavy (non-hydrogen) atoms. The van der Waals surface area contributed by atoms with Gasteiger partial charge in [-0.05, 0) is 25.1 Å². The van der Waals surface area contributed by atoms with Crippen LogP contribution in [0.4, 0.5) is 4.39 Å². The van der Waals surface area contributed by atoms with Gasteiger partial charge in [-0.3, -0.25) is 4.79 Å². The van der Waals surface area contributed by atoms with Gasteiger partial charge in [0.2, 0.25) is 5.91 Å². The van der Waals surface area contributed by atoms with Crippen molar-refractivity contribution in [1.82, 2.24) is 4.90 Å². The predicted octanol–water partition coefficient (Wildman–Crippen LogP) is 2.10. The van der Waals surface area contributed by atoms with Gasteiger partial charge in [0.1, 0.15) is 5.82 Å². The van der Waals surface area contributed by atoms with Crippen LogP contribution in [0.2, 0.25) is 5.02 Å². The zero-order chi connectivity index (χ0) is 12.6. The molecule has 1 amide bonds. The summed E-state index contributed by atoms with van der Waals surface area (Å²) < 4.78 is 13.8. The largest absolute Gasteiger partial charge is 0.334 e. The molecule has 1 heterocycles. The molecule has 0 aromatic heterocycles. The molecule has 1 aromatic rings. The standard InChI is InChI=1S/C12H14ClFN2O/c1-2-16-11(17)6-10(15)12(16)8-5-7(13)3-4-9(8)14/h3-5,10,12H,2,6,15H2,1H3. The molecule has 1 fully saturated rings. The van der Waals surface area contributed by atoms with Crippen LogP contribution >= 0.6 is 11.6 Å². The molecular weight excluding hydrogens is 243 g/mol. The van der Waals surface area contributed by atoms with Crippen LogP contribution in [0.5, 0.6) is 0 Å². The topological polar surface area (TPSA) is 46.3 Å². The first-order valence-electron chi connectivity index (χ1n) is 5.54. The van der Waals surface area contributed by atoms with Gasteiger partial charge in [0.25, 0.3) is 0 Å². The summed E-state index contributed by atoms with van der Waals surface area (Å²) in [5.74, 6) is -0.410. The van der Waals surface area contributed by atoms with Crippen LogP contribution < -0.4 is 5.73 Å². The Morgan fingerprint density at radius 1 is 1.59 bits per heavy atom. The lowest BCUT2D eigenvalue weighted by Crippen LogP contribution is -2.33. The van der Waals surface area contributed by atoms with Gasteiger partial charge < -0.3 is 10.6 Å². The lowest BCUT2D eigenvalue weighted by atomic mass is 10.0. The van der Waals surface area contributed by atoms with Crippen molar-refractivity contribution in [2.75, 3.05) is 6.54 Å². The Kier molecular flexibility index (Phi) is 3.35. The van der Waals surface area contributed by atoms with E-state index in [0.29, 0.717) is 17.1 Å². The lowest BCUT2D eigenvalue weighted by Gasteiger charge is -2.26. The summed E-state index contributed by atoms with van der Waals surface area (Å²) in [6.07, 6.45) is 0.254.